The van der Waals surface area contributed by atoms with Crippen molar-refractivity contribution in [3.8, 4) is 12.3 Å². The van der Waals surface area contributed by atoms with Gasteiger partial charge in [0, 0.05) is 5.56 Å². The summed E-state index contributed by atoms with van der Waals surface area (Å²) in [4.78, 5) is 0. The van der Waals surface area contributed by atoms with Gasteiger partial charge in [0.1, 0.15) is 0 Å². The Kier molecular flexibility index (Phi) is 3.15. The van der Waals surface area contributed by atoms with Crippen LogP contribution in [0, 0.1) is 12.3 Å². The Hall–Kier alpha value is -1.43. The molecule has 0 atom stereocenters. The largest absolute Gasteiger partial charge is 0.416 e. The van der Waals surface area contributed by atoms with E-state index in [9.17, 15) is 13.2 Å². The molecule has 1 fully saturated rings. The van der Waals surface area contributed by atoms with E-state index in [-0.39, 0.29) is 5.92 Å². The van der Waals surface area contributed by atoms with E-state index < -0.39 is 11.7 Å². The highest BCUT2D eigenvalue weighted by Gasteiger charge is 2.35. The number of benzene rings is 1. The fraction of sp³-hybridized carbons (Fsp3) is 0.429. The van der Waals surface area contributed by atoms with Crippen LogP contribution < -0.4 is 0 Å². The quantitative estimate of drug-likeness (QED) is 0.638. The van der Waals surface area contributed by atoms with Crippen molar-refractivity contribution in [3.63, 3.8) is 0 Å². The minimum atomic E-state index is -4.31. The molecule has 0 aliphatic heterocycles. The van der Waals surface area contributed by atoms with Gasteiger partial charge in [-0.15, -0.1) is 6.42 Å². The molecule has 0 radical (unpaired) electrons. The van der Waals surface area contributed by atoms with Crippen molar-refractivity contribution in [2.75, 3.05) is 0 Å². The first-order chi connectivity index (χ1) is 8.02. The Morgan fingerprint density at radius 1 is 1.18 bits per heavy atom. The van der Waals surface area contributed by atoms with Gasteiger partial charge in [-0.05, 0) is 36.5 Å². The van der Waals surface area contributed by atoms with Crippen molar-refractivity contribution < 1.29 is 13.2 Å². The third-order valence-corrected chi connectivity index (χ3v) is 3.32. The topological polar surface area (TPSA) is 0 Å². The summed E-state index contributed by atoms with van der Waals surface area (Å²) in [7, 11) is 0. The highest BCUT2D eigenvalue weighted by Crippen LogP contribution is 2.41. The van der Waals surface area contributed by atoms with Crippen molar-refractivity contribution in [2.45, 2.75) is 37.8 Å². The Morgan fingerprint density at radius 3 is 2.35 bits per heavy atom. The molecule has 0 N–H and O–H groups in total. The molecule has 0 nitrogen and oxygen atoms in total. The predicted molar refractivity (Wildman–Crippen MR) is 60.6 cm³/mol. The molecule has 1 saturated carbocycles. The summed E-state index contributed by atoms with van der Waals surface area (Å²) in [6.07, 6.45) is 4.55. The van der Waals surface area contributed by atoms with Crippen molar-refractivity contribution in [1.82, 2.24) is 0 Å². The van der Waals surface area contributed by atoms with E-state index in [1.54, 1.807) is 12.1 Å². The van der Waals surface area contributed by atoms with Crippen LogP contribution in [0.4, 0.5) is 13.2 Å². The lowest BCUT2D eigenvalue weighted by atomic mass is 9.91. The van der Waals surface area contributed by atoms with Crippen molar-refractivity contribution in [1.29, 1.82) is 0 Å². The van der Waals surface area contributed by atoms with Gasteiger partial charge >= 0.3 is 6.18 Å². The van der Waals surface area contributed by atoms with Crippen LogP contribution in [0.25, 0.3) is 0 Å². The molecule has 0 spiro atoms. The van der Waals surface area contributed by atoms with Gasteiger partial charge in [-0.3, -0.25) is 0 Å². The van der Waals surface area contributed by atoms with Crippen molar-refractivity contribution in [2.24, 2.45) is 0 Å². The maximum atomic E-state index is 12.9. The number of rotatable bonds is 1. The molecule has 0 bridgehead atoms. The first-order valence-electron chi connectivity index (χ1n) is 5.70. The van der Waals surface area contributed by atoms with Crippen LogP contribution in [0.3, 0.4) is 0 Å². The van der Waals surface area contributed by atoms with E-state index in [1.807, 2.05) is 0 Å². The summed E-state index contributed by atoms with van der Waals surface area (Å²) in [5.41, 5.74) is 0.146. The lowest BCUT2D eigenvalue weighted by Gasteiger charge is -2.17. The predicted octanol–water partition coefficient (Wildman–Crippen LogP) is 4.34. The molecule has 3 heteroatoms. The summed E-state index contributed by atoms with van der Waals surface area (Å²) >= 11 is 0. The Morgan fingerprint density at radius 2 is 1.82 bits per heavy atom. The third-order valence-electron chi connectivity index (χ3n) is 3.32. The highest BCUT2D eigenvalue weighted by atomic mass is 19.4. The number of halogens is 3. The standard InChI is InChI=1S/C14H13F3/c1-2-10-7-8-12(11-5-3-4-6-11)13(9-10)14(15,16)17/h1,7-9,11H,3-6H2. The second-order valence-electron chi connectivity index (χ2n) is 4.43. The smallest absolute Gasteiger partial charge is 0.166 e. The number of hydrogen-bond acceptors (Lipinski definition) is 0. The molecule has 0 saturated heterocycles. The highest BCUT2D eigenvalue weighted by molar-refractivity contribution is 5.42. The van der Waals surface area contributed by atoms with E-state index in [0.717, 1.165) is 31.7 Å². The molecule has 1 aliphatic carbocycles. The van der Waals surface area contributed by atoms with Gasteiger partial charge < -0.3 is 0 Å². The zero-order valence-electron chi connectivity index (χ0n) is 9.35. The second-order valence-corrected chi connectivity index (χ2v) is 4.43. The zero-order chi connectivity index (χ0) is 12.5. The molecule has 0 unspecified atom stereocenters. The fourth-order valence-electron chi connectivity index (χ4n) is 2.48. The zero-order valence-corrected chi connectivity index (χ0v) is 9.35. The summed E-state index contributed by atoms with van der Waals surface area (Å²) in [5.74, 6) is 2.30. The average molecular weight is 238 g/mol. The van der Waals surface area contributed by atoms with E-state index in [1.165, 1.54) is 0 Å². The van der Waals surface area contributed by atoms with Gasteiger partial charge in [0.15, 0.2) is 0 Å². The minimum absolute atomic E-state index is 0.0402. The summed E-state index contributed by atoms with van der Waals surface area (Å²) in [5, 5.41) is 0. The molecule has 90 valence electrons. The second kappa shape index (κ2) is 4.44. The average Bonchev–Trinajstić information content (AvgIpc) is 2.80. The molecular formula is C14H13F3. The monoisotopic (exact) mass is 238 g/mol. The normalized spacial score (nSPS) is 17.1. The summed E-state index contributed by atoms with van der Waals surface area (Å²) in [6, 6.07) is 4.24. The maximum absolute atomic E-state index is 12.9. The molecule has 1 aromatic carbocycles. The first kappa shape index (κ1) is 12.0. The van der Waals surface area contributed by atoms with E-state index in [0.29, 0.717) is 11.1 Å². The molecule has 1 aromatic rings. The van der Waals surface area contributed by atoms with Crippen LogP contribution in [0.5, 0.6) is 0 Å². The Bertz CT molecular complexity index is 446. The lowest BCUT2D eigenvalue weighted by Crippen LogP contribution is -2.11. The summed E-state index contributed by atoms with van der Waals surface area (Å²) < 4.78 is 38.8. The van der Waals surface area contributed by atoms with Crippen LogP contribution in [-0.4, -0.2) is 0 Å². The first-order valence-corrected chi connectivity index (χ1v) is 5.70. The molecule has 1 aliphatic rings. The van der Waals surface area contributed by atoms with Crippen LogP contribution >= 0.6 is 0 Å². The van der Waals surface area contributed by atoms with Gasteiger partial charge in [0.05, 0.1) is 5.56 Å². The molecular weight excluding hydrogens is 225 g/mol. The van der Waals surface area contributed by atoms with Crippen LogP contribution in [-0.2, 0) is 6.18 Å². The Balaban J connectivity index is 2.47. The molecule has 0 aromatic heterocycles. The van der Waals surface area contributed by atoms with Gasteiger partial charge in [0.2, 0.25) is 0 Å². The third kappa shape index (κ3) is 2.46. The number of alkyl halides is 3. The number of hydrogen-bond donors (Lipinski definition) is 0. The van der Waals surface area contributed by atoms with E-state index in [2.05, 4.69) is 5.92 Å². The van der Waals surface area contributed by atoms with Crippen LogP contribution in [0.1, 0.15) is 48.3 Å². The van der Waals surface area contributed by atoms with Gasteiger partial charge in [0.25, 0.3) is 0 Å². The van der Waals surface area contributed by atoms with Gasteiger partial charge in [-0.1, -0.05) is 24.8 Å². The van der Waals surface area contributed by atoms with E-state index >= 15 is 0 Å². The van der Waals surface area contributed by atoms with Crippen LogP contribution in [0.15, 0.2) is 18.2 Å². The minimum Gasteiger partial charge on any atom is -0.166 e. The molecule has 17 heavy (non-hydrogen) atoms. The van der Waals surface area contributed by atoms with Gasteiger partial charge in [-0.25, -0.2) is 0 Å². The van der Waals surface area contributed by atoms with Crippen LogP contribution in [0.2, 0.25) is 0 Å². The summed E-state index contributed by atoms with van der Waals surface area (Å²) in [6.45, 7) is 0. The van der Waals surface area contributed by atoms with Gasteiger partial charge in [-0.2, -0.15) is 13.2 Å². The lowest BCUT2D eigenvalue weighted by molar-refractivity contribution is -0.138. The SMILES string of the molecule is C#Cc1ccc(C2CCCC2)c(C(F)(F)F)c1. The van der Waals surface area contributed by atoms with Crippen molar-refractivity contribution >= 4 is 0 Å². The fourth-order valence-corrected chi connectivity index (χ4v) is 2.48. The molecule has 2 rings (SSSR count). The Labute approximate surface area is 98.8 Å². The van der Waals surface area contributed by atoms with E-state index in [4.69, 9.17) is 6.42 Å². The maximum Gasteiger partial charge on any atom is 0.416 e. The van der Waals surface area contributed by atoms with Crippen molar-refractivity contribution in [3.05, 3.63) is 34.9 Å². The molecule has 0 amide bonds. The molecule has 0 heterocycles. The number of terminal acetylenes is 1.